The minimum absolute atomic E-state index is 0. The fourth-order valence-electron chi connectivity index (χ4n) is 0.576. The summed E-state index contributed by atoms with van der Waals surface area (Å²) in [5.74, 6) is 0. The smallest absolute Gasteiger partial charge is 0.0120 e. The van der Waals surface area contributed by atoms with Gasteiger partial charge in [0.2, 0.25) is 0 Å². The largest absolute Gasteiger partial charge is 0.402 e. The van der Waals surface area contributed by atoms with Crippen LogP contribution in [0.4, 0.5) is 0 Å². The van der Waals surface area contributed by atoms with Gasteiger partial charge in [-0.1, -0.05) is 45.9 Å². The summed E-state index contributed by atoms with van der Waals surface area (Å²) in [6.45, 7) is 11.6. The van der Waals surface area contributed by atoms with E-state index in [0.717, 1.165) is 12.0 Å². The topological polar surface area (TPSA) is 26.0 Å². The van der Waals surface area contributed by atoms with Gasteiger partial charge in [-0.2, -0.15) is 0 Å². The van der Waals surface area contributed by atoms with Crippen LogP contribution in [-0.4, -0.2) is 6.26 Å². The number of hydrogen-bond acceptors (Lipinski definition) is 2. The average Bonchev–Trinajstić information content (AvgIpc) is 2.17. The van der Waals surface area contributed by atoms with Gasteiger partial charge in [0.15, 0.2) is 0 Å². The van der Waals surface area contributed by atoms with Crippen LogP contribution in [0.1, 0.15) is 34.5 Å². The van der Waals surface area contributed by atoms with Gasteiger partial charge in [-0.05, 0) is 17.2 Å². The summed E-state index contributed by atoms with van der Waals surface area (Å²) >= 11 is 1.65. The van der Waals surface area contributed by atoms with Crippen LogP contribution in [-0.2, 0) is 0 Å². The lowest BCUT2D eigenvalue weighted by Gasteiger charge is -1.98. The Bertz CT molecular complexity index is 186. The van der Waals surface area contributed by atoms with Crippen molar-refractivity contribution in [2.45, 2.75) is 33.1 Å². The van der Waals surface area contributed by atoms with Crippen molar-refractivity contribution in [3.8, 4) is 0 Å². The van der Waals surface area contributed by atoms with Crippen LogP contribution < -0.4 is 5.73 Å². The molecule has 0 bridgehead atoms. The van der Waals surface area contributed by atoms with Crippen LogP contribution >= 0.6 is 11.8 Å². The van der Waals surface area contributed by atoms with E-state index in [1.807, 2.05) is 11.7 Å². The van der Waals surface area contributed by atoms with E-state index in [1.165, 1.54) is 12.8 Å². The second-order valence-corrected chi connectivity index (χ2v) is 3.67. The Labute approximate surface area is 94.6 Å². The van der Waals surface area contributed by atoms with Crippen molar-refractivity contribution in [2.24, 2.45) is 5.73 Å². The Balaban J connectivity index is -0.000000249. The van der Waals surface area contributed by atoms with Gasteiger partial charge in [0.25, 0.3) is 0 Å². The summed E-state index contributed by atoms with van der Waals surface area (Å²) < 4.78 is 0. The molecule has 0 radical (unpaired) electrons. The van der Waals surface area contributed by atoms with E-state index in [1.54, 1.807) is 17.8 Å². The van der Waals surface area contributed by atoms with E-state index in [9.17, 15) is 0 Å². The van der Waals surface area contributed by atoms with Crippen molar-refractivity contribution < 1.29 is 1.43 Å². The first-order valence-corrected chi connectivity index (χ1v) is 6.18. The van der Waals surface area contributed by atoms with E-state index in [2.05, 4.69) is 27.0 Å². The Morgan fingerprint density at radius 2 is 1.93 bits per heavy atom. The van der Waals surface area contributed by atoms with E-state index >= 15 is 0 Å². The summed E-state index contributed by atoms with van der Waals surface area (Å²) in [7, 11) is 0. The fourth-order valence-corrected chi connectivity index (χ4v) is 1.06. The lowest BCUT2D eigenvalue weighted by Crippen LogP contribution is -1.94. The normalized spacial score (nSPS) is 10.1. The lowest BCUT2D eigenvalue weighted by atomic mass is 10.2. The van der Waals surface area contributed by atoms with Gasteiger partial charge in [0.1, 0.15) is 0 Å². The summed E-state index contributed by atoms with van der Waals surface area (Å²) in [5, 5.41) is 2.02. The van der Waals surface area contributed by atoms with Crippen LogP contribution in [0.25, 0.3) is 0 Å². The molecule has 0 saturated heterocycles. The standard InChI is InChI=1S/C8H13NS.C4H10.H2/c1-4-8(6-10-3)5-7(2)9;1-3-4-2;/h4,6H,1-2,5,9H2,3H3;3-4H2,1-2H3;1H/b8-6+;;. The number of rotatable bonds is 5. The summed E-state index contributed by atoms with van der Waals surface area (Å²) in [4.78, 5) is 0. The molecule has 0 saturated carbocycles. The molecule has 1 nitrogen and oxygen atoms in total. The van der Waals surface area contributed by atoms with Crippen LogP contribution in [0.15, 0.2) is 35.9 Å². The molecule has 84 valence electrons. The zero-order valence-electron chi connectivity index (χ0n) is 9.68. The molecule has 2 N–H and O–H groups in total. The Morgan fingerprint density at radius 3 is 2.14 bits per heavy atom. The van der Waals surface area contributed by atoms with Gasteiger partial charge < -0.3 is 5.73 Å². The first-order chi connectivity index (χ1) is 6.62. The van der Waals surface area contributed by atoms with Gasteiger partial charge in [0.05, 0.1) is 0 Å². The molecule has 0 aliphatic rings. The predicted octanol–water partition coefficient (Wildman–Crippen LogP) is 4.33. The van der Waals surface area contributed by atoms with Crippen LogP contribution in [0, 0.1) is 0 Å². The van der Waals surface area contributed by atoms with E-state index < -0.39 is 0 Å². The zero-order chi connectivity index (χ0) is 11.4. The number of hydrogen-bond donors (Lipinski definition) is 1. The highest BCUT2D eigenvalue weighted by Gasteiger charge is 1.90. The minimum Gasteiger partial charge on any atom is -0.402 e. The molecule has 2 heteroatoms. The van der Waals surface area contributed by atoms with E-state index in [0.29, 0.717) is 5.70 Å². The van der Waals surface area contributed by atoms with Crippen molar-refractivity contribution in [1.82, 2.24) is 0 Å². The first kappa shape index (κ1) is 15.8. The molecule has 0 aromatic carbocycles. The Hall–Kier alpha value is -0.630. The highest BCUT2D eigenvalue weighted by Crippen LogP contribution is 2.10. The second kappa shape index (κ2) is 12.4. The maximum absolute atomic E-state index is 5.41. The number of allylic oxidation sites excluding steroid dienone is 2. The third-order valence-electron chi connectivity index (χ3n) is 1.46. The van der Waals surface area contributed by atoms with Crippen LogP contribution in [0.3, 0.4) is 0 Å². The second-order valence-electron chi connectivity index (χ2n) is 2.97. The molecule has 0 spiro atoms. The van der Waals surface area contributed by atoms with Crippen molar-refractivity contribution >= 4 is 11.8 Å². The molecule has 0 rings (SSSR count). The van der Waals surface area contributed by atoms with Gasteiger partial charge >= 0.3 is 0 Å². The quantitative estimate of drug-likeness (QED) is 0.691. The highest BCUT2D eigenvalue weighted by molar-refractivity contribution is 8.01. The summed E-state index contributed by atoms with van der Waals surface area (Å²) in [5.41, 5.74) is 7.21. The van der Waals surface area contributed by atoms with Crippen molar-refractivity contribution in [3.05, 3.63) is 35.9 Å². The third kappa shape index (κ3) is 13.9. The van der Waals surface area contributed by atoms with Crippen molar-refractivity contribution in [2.75, 3.05) is 6.26 Å². The van der Waals surface area contributed by atoms with Gasteiger partial charge in [-0.25, -0.2) is 0 Å². The molecule has 0 fully saturated rings. The molecular formula is C12H25NS. The molecule has 0 aliphatic heterocycles. The molecule has 0 aromatic rings. The average molecular weight is 215 g/mol. The summed E-state index contributed by atoms with van der Waals surface area (Å²) in [6, 6.07) is 0. The Morgan fingerprint density at radius 1 is 1.43 bits per heavy atom. The minimum atomic E-state index is 0. The maximum atomic E-state index is 5.41. The van der Waals surface area contributed by atoms with Gasteiger partial charge in [-0.3, -0.25) is 0 Å². The number of unbranched alkanes of at least 4 members (excludes halogenated alkanes) is 1. The molecule has 0 aromatic heterocycles. The molecule has 0 aliphatic carbocycles. The first-order valence-electron chi connectivity index (χ1n) is 4.89. The van der Waals surface area contributed by atoms with Crippen molar-refractivity contribution in [3.63, 3.8) is 0 Å². The third-order valence-corrected chi connectivity index (χ3v) is 2.00. The fraction of sp³-hybridized carbons (Fsp3) is 0.500. The van der Waals surface area contributed by atoms with E-state index in [-0.39, 0.29) is 1.43 Å². The van der Waals surface area contributed by atoms with Gasteiger partial charge in [0, 0.05) is 13.5 Å². The SMILES string of the molecule is C=C/C(=C\SC)CC(=C)N.CCCC.[HH]. The number of thioether (sulfide) groups is 1. The molecule has 0 atom stereocenters. The molecule has 0 unspecified atom stereocenters. The number of nitrogens with two attached hydrogens (primary N) is 1. The lowest BCUT2D eigenvalue weighted by molar-refractivity contribution is 0.886. The molecule has 0 amide bonds. The maximum Gasteiger partial charge on any atom is 0.0120 e. The zero-order valence-corrected chi connectivity index (χ0v) is 10.5. The van der Waals surface area contributed by atoms with Gasteiger partial charge in [-0.15, -0.1) is 11.8 Å². The highest BCUT2D eigenvalue weighted by atomic mass is 32.2. The van der Waals surface area contributed by atoms with E-state index in [4.69, 9.17) is 5.73 Å². The van der Waals surface area contributed by atoms with Crippen molar-refractivity contribution in [1.29, 1.82) is 0 Å². The molecule has 14 heavy (non-hydrogen) atoms. The molecular weight excluding hydrogens is 190 g/mol. The monoisotopic (exact) mass is 215 g/mol. The van der Waals surface area contributed by atoms with Crippen LogP contribution in [0.5, 0.6) is 0 Å². The predicted molar refractivity (Wildman–Crippen MR) is 72.4 cm³/mol. The Kier molecular flexibility index (Phi) is 14.0. The molecule has 0 heterocycles. The van der Waals surface area contributed by atoms with Crippen LogP contribution in [0.2, 0.25) is 0 Å². The summed E-state index contributed by atoms with van der Waals surface area (Å²) in [6.07, 6.45) is 7.17.